The van der Waals surface area contributed by atoms with Gasteiger partial charge < -0.3 is 0 Å². The van der Waals surface area contributed by atoms with Gasteiger partial charge in [-0.1, -0.05) is 45.8 Å². The van der Waals surface area contributed by atoms with Crippen LogP contribution in [0.25, 0.3) is 0 Å². The molecule has 0 fully saturated rings. The van der Waals surface area contributed by atoms with Crippen molar-refractivity contribution in [3.05, 3.63) is 73.7 Å². The van der Waals surface area contributed by atoms with Gasteiger partial charge in [0.15, 0.2) is 5.78 Å². The van der Waals surface area contributed by atoms with E-state index < -0.39 is 4.92 Å². The maximum Gasteiger partial charge on any atom is 0.271 e. The fourth-order valence-corrected chi connectivity index (χ4v) is 2.32. The van der Waals surface area contributed by atoms with Gasteiger partial charge in [0.1, 0.15) is 0 Å². The predicted molar refractivity (Wildman–Crippen MR) is 80.0 cm³/mol. The Balaban J connectivity index is 2.25. The molecule has 0 radical (unpaired) electrons. The third-order valence-electron chi connectivity index (χ3n) is 2.90. The number of carbonyl (C=O) groups excluding carboxylic acids is 1. The lowest BCUT2D eigenvalue weighted by molar-refractivity contribution is -0.385. The topological polar surface area (TPSA) is 60.2 Å². The molecule has 4 nitrogen and oxygen atoms in total. The van der Waals surface area contributed by atoms with Crippen molar-refractivity contribution in [2.24, 2.45) is 0 Å². The van der Waals surface area contributed by atoms with Gasteiger partial charge in [-0.15, -0.1) is 0 Å². The van der Waals surface area contributed by atoms with Gasteiger partial charge in [0.25, 0.3) is 5.69 Å². The molecule has 0 amide bonds. The van der Waals surface area contributed by atoms with Gasteiger partial charge in [0.2, 0.25) is 0 Å². The third-order valence-corrected chi connectivity index (χ3v) is 3.36. The fraction of sp³-hybridized carbons (Fsp3) is 0.133. The summed E-state index contributed by atoms with van der Waals surface area (Å²) in [5, 5.41) is 10.8. The Kier molecular flexibility index (Phi) is 4.29. The highest BCUT2D eigenvalue weighted by Gasteiger charge is 2.14. The van der Waals surface area contributed by atoms with Gasteiger partial charge >= 0.3 is 0 Å². The van der Waals surface area contributed by atoms with Crippen molar-refractivity contribution in [2.45, 2.75) is 13.3 Å². The Hall–Kier alpha value is -2.01. The molecular formula is C15H12BrNO3. The van der Waals surface area contributed by atoms with E-state index in [0.717, 1.165) is 11.1 Å². The summed E-state index contributed by atoms with van der Waals surface area (Å²) in [7, 11) is 0. The number of non-ortho nitro benzene ring substituents is 1. The van der Waals surface area contributed by atoms with Gasteiger partial charge in [-0.2, -0.15) is 0 Å². The molecule has 0 atom stereocenters. The monoisotopic (exact) mass is 333 g/mol. The highest BCUT2D eigenvalue weighted by atomic mass is 79.9. The van der Waals surface area contributed by atoms with E-state index in [1.165, 1.54) is 12.1 Å². The zero-order chi connectivity index (χ0) is 14.7. The molecule has 0 heterocycles. The van der Waals surface area contributed by atoms with Crippen LogP contribution in [0.5, 0.6) is 0 Å². The number of nitro groups is 1. The quantitative estimate of drug-likeness (QED) is 0.481. The Labute approximate surface area is 124 Å². The second-order valence-electron chi connectivity index (χ2n) is 4.54. The molecule has 0 bridgehead atoms. The first-order valence-corrected chi connectivity index (χ1v) is 6.79. The average molecular weight is 334 g/mol. The molecule has 0 spiro atoms. The Morgan fingerprint density at radius 2 is 1.85 bits per heavy atom. The van der Waals surface area contributed by atoms with Crippen LogP contribution in [0.1, 0.15) is 21.5 Å². The summed E-state index contributed by atoms with van der Waals surface area (Å²) in [5.41, 5.74) is 2.26. The van der Waals surface area contributed by atoms with Crippen LogP contribution in [-0.2, 0) is 6.42 Å². The molecule has 0 unspecified atom stereocenters. The normalized spacial score (nSPS) is 10.3. The lowest BCUT2D eigenvalue weighted by Crippen LogP contribution is -2.04. The second-order valence-corrected chi connectivity index (χ2v) is 5.46. The van der Waals surface area contributed by atoms with E-state index in [4.69, 9.17) is 0 Å². The van der Waals surface area contributed by atoms with E-state index in [-0.39, 0.29) is 17.9 Å². The summed E-state index contributed by atoms with van der Waals surface area (Å²) in [6.07, 6.45) is 0.230. The second kappa shape index (κ2) is 5.96. The van der Waals surface area contributed by atoms with Gasteiger partial charge in [-0.3, -0.25) is 14.9 Å². The van der Waals surface area contributed by atoms with Crippen molar-refractivity contribution in [3.63, 3.8) is 0 Å². The van der Waals surface area contributed by atoms with E-state index >= 15 is 0 Å². The number of hydrogen-bond acceptors (Lipinski definition) is 3. The van der Waals surface area contributed by atoms with Crippen LogP contribution >= 0.6 is 15.9 Å². The zero-order valence-corrected chi connectivity index (χ0v) is 12.4. The van der Waals surface area contributed by atoms with E-state index in [2.05, 4.69) is 15.9 Å². The van der Waals surface area contributed by atoms with E-state index in [9.17, 15) is 14.9 Å². The third kappa shape index (κ3) is 3.51. The molecule has 0 N–H and O–H groups in total. The van der Waals surface area contributed by atoms with Crippen LogP contribution in [0, 0.1) is 17.0 Å². The first-order valence-electron chi connectivity index (χ1n) is 5.99. The molecule has 5 heteroatoms. The highest BCUT2D eigenvalue weighted by molar-refractivity contribution is 9.10. The number of ketones is 1. The molecule has 0 saturated heterocycles. The summed E-state index contributed by atoms with van der Waals surface area (Å²) < 4.78 is 0.527. The molecule has 20 heavy (non-hydrogen) atoms. The number of Topliss-reactive ketones (excluding diaryl/α,β-unsaturated/α-hetero) is 1. The maximum atomic E-state index is 12.2. The molecule has 102 valence electrons. The lowest BCUT2D eigenvalue weighted by Gasteiger charge is -2.03. The van der Waals surface area contributed by atoms with Crippen molar-refractivity contribution in [1.82, 2.24) is 0 Å². The Morgan fingerprint density at radius 3 is 2.45 bits per heavy atom. The SMILES string of the molecule is Cc1ccc(CC(=O)c2cc(Br)cc([N+](=O)[O-])c2)cc1. The molecule has 2 aromatic carbocycles. The average Bonchev–Trinajstić information content (AvgIpc) is 2.40. The van der Waals surface area contributed by atoms with Crippen LogP contribution < -0.4 is 0 Å². The first kappa shape index (κ1) is 14.4. The van der Waals surface area contributed by atoms with Gasteiger partial charge in [-0.05, 0) is 18.6 Å². The standard InChI is InChI=1S/C15H12BrNO3/c1-10-2-4-11(5-3-10)6-15(18)12-7-13(16)9-14(8-12)17(19)20/h2-5,7-9H,6H2,1H3. The van der Waals surface area contributed by atoms with Gasteiger partial charge in [0, 0.05) is 28.6 Å². The molecule has 0 aliphatic heterocycles. The highest BCUT2D eigenvalue weighted by Crippen LogP contribution is 2.22. The number of rotatable bonds is 4. The number of nitrogens with zero attached hydrogens (tertiary/aromatic N) is 1. The van der Waals surface area contributed by atoms with Crippen molar-refractivity contribution >= 4 is 27.4 Å². The summed E-state index contributed by atoms with van der Waals surface area (Å²) in [4.78, 5) is 22.5. The smallest absolute Gasteiger partial charge is 0.271 e. The summed E-state index contributed by atoms with van der Waals surface area (Å²) in [5.74, 6) is -0.141. The lowest BCUT2D eigenvalue weighted by atomic mass is 10.0. The van der Waals surface area contributed by atoms with Crippen molar-refractivity contribution < 1.29 is 9.72 Å². The van der Waals surface area contributed by atoms with Crippen LogP contribution in [0.3, 0.4) is 0 Å². The number of aryl methyl sites for hydroxylation is 1. The van der Waals surface area contributed by atoms with E-state index in [1.54, 1.807) is 6.07 Å². The van der Waals surface area contributed by atoms with Gasteiger partial charge in [0.05, 0.1) is 4.92 Å². The van der Waals surface area contributed by atoms with Gasteiger partial charge in [-0.25, -0.2) is 0 Å². The fourth-order valence-electron chi connectivity index (χ4n) is 1.83. The van der Waals surface area contributed by atoms with E-state index in [0.29, 0.717) is 10.0 Å². The van der Waals surface area contributed by atoms with Crippen LogP contribution in [0.4, 0.5) is 5.69 Å². The molecule has 2 rings (SSSR count). The van der Waals surface area contributed by atoms with E-state index in [1.807, 2.05) is 31.2 Å². The molecule has 0 aliphatic rings. The minimum atomic E-state index is -0.507. The number of hydrogen-bond donors (Lipinski definition) is 0. The maximum absolute atomic E-state index is 12.2. The number of halogens is 1. The molecule has 0 aliphatic carbocycles. The number of benzene rings is 2. The molecule has 0 saturated carbocycles. The summed E-state index contributed by atoms with van der Waals surface area (Å²) >= 11 is 3.19. The summed E-state index contributed by atoms with van der Waals surface area (Å²) in [6.45, 7) is 1.98. The molecular weight excluding hydrogens is 322 g/mol. The van der Waals surface area contributed by atoms with Crippen LogP contribution in [0.2, 0.25) is 0 Å². The minimum Gasteiger partial charge on any atom is -0.294 e. The summed E-state index contributed by atoms with van der Waals surface area (Å²) in [6, 6.07) is 11.9. The van der Waals surface area contributed by atoms with Crippen molar-refractivity contribution in [1.29, 1.82) is 0 Å². The predicted octanol–water partition coefficient (Wildman–Crippen LogP) is 4.09. The minimum absolute atomic E-state index is 0.0911. The van der Waals surface area contributed by atoms with Crippen molar-refractivity contribution in [2.75, 3.05) is 0 Å². The first-order chi connectivity index (χ1) is 9.45. The largest absolute Gasteiger partial charge is 0.294 e. The molecule has 2 aromatic rings. The Bertz CT molecular complexity index is 665. The molecule has 0 aromatic heterocycles. The van der Waals surface area contributed by atoms with Crippen LogP contribution in [-0.4, -0.2) is 10.7 Å². The number of nitro benzene ring substituents is 1. The Morgan fingerprint density at radius 1 is 1.20 bits per heavy atom. The number of carbonyl (C=O) groups is 1. The zero-order valence-electron chi connectivity index (χ0n) is 10.8. The van der Waals surface area contributed by atoms with Crippen molar-refractivity contribution in [3.8, 4) is 0 Å². The van der Waals surface area contributed by atoms with Crippen LogP contribution in [0.15, 0.2) is 46.9 Å².